The van der Waals surface area contributed by atoms with Crippen molar-refractivity contribution in [1.82, 2.24) is 4.72 Å². The summed E-state index contributed by atoms with van der Waals surface area (Å²) in [5.41, 5.74) is 10.5. The summed E-state index contributed by atoms with van der Waals surface area (Å²) in [7, 11) is 0. The molecule has 0 heterocycles. The molecule has 0 amide bonds. The number of carbonyl (C=O) groups is 1. The largest absolute Gasteiger partial charge is 0.493 e. The van der Waals surface area contributed by atoms with Crippen LogP contribution in [0, 0.1) is 6.92 Å². The third-order valence-corrected chi connectivity index (χ3v) is 4.79. The topological polar surface area (TPSA) is 132 Å². The molecule has 0 atom stereocenters. The van der Waals surface area contributed by atoms with E-state index in [1.54, 1.807) is 0 Å². The summed E-state index contributed by atoms with van der Waals surface area (Å²) in [6.07, 6.45) is -3.72. The summed E-state index contributed by atoms with van der Waals surface area (Å²) in [6, 6.07) is 10.8. The van der Waals surface area contributed by atoms with Crippen LogP contribution >= 0.6 is 23.5 Å². The summed E-state index contributed by atoms with van der Waals surface area (Å²) in [6.45, 7) is 2.72. The van der Waals surface area contributed by atoms with Crippen molar-refractivity contribution in [1.29, 1.82) is 0 Å². The zero-order chi connectivity index (χ0) is 24.9. The highest BCUT2D eigenvalue weighted by atomic mass is 35.5. The van der Waals surface area contributed by atoms with E-state index in [0.29, 0.717) is 18.1 Å². The van der Waals surface area contributed by atoms with Gasteiger partial charge in [-0.05, 0) is 54.4 Å². The molecule has 2 aromatic rings. The Kier molecular flexibility index (Phi) is 12.3. The van der Waals surface area contributed by atoms with Gasteiger partial charge in [0.05, 0.1) is 17.2 Å². The first-order chi connectivity index (χ1) is 15.5. The van der Waals surface area contributed by atoms with E-state index in [1.165, 1.54) is 11.6 Å². The highest BCUT2D eigenvalue weighted by molar-refractivity contribution is 7.97. The second-order valence-electron chi connectivity index (χ2n) is 6.32. The van der Waals surface area contributed by atoms with Gasteiger partial charge in [0.2, 0.25) is 5.96 Å². The molecule has 0 saturated heterocycles. The first kappa shape index (κ1) is 28.2. The lowest BCUT2D eigenvalue weighted by atomic mass is 10.2. The number of nitrogens with zero attached hydrogens (tertiary/aromatic N) is 1. The number of hydrogen-bond acceptors (Lipinski definition) is 6. The van der Waals surface area contributed by atoms with Crippen molar-refractivity contribution in [2.75, 3.05) is 19.8 Å². The number of benzene rings is 2. The predicted molar refractivity (Wildman–Crippen MR) is 121 cm³/mol. The highest BCUT2D eigenvalue weighted by Crippen LogP contribution is 2.34. The molecule has 0 bridgehead atoms. The van der Waals surface area contributed by atoms with E-state index >= 15 is 0 Å². The van der Waals surface area contributed by atoms with Crippen molar-refractivity contribution in [2.24, 2.45) is 16.6 Å². The number of rotatable bonds is 10. The van der Waals surface area contributed by atoms with Gasteiger partial charge in [0.15, 0.2) is 0 Å². The molecule has 0 unspecified atom stereocenters. The standard InChI is InChI=1S/C11H17N3O2.C9H7ClF3NO2S/c1-9-3-5-10(6-4-9)15-7-2-8-16-14-11(12)13;10-6-3-5(9(11,12)13)1-2-7(6)17-14-4-8(15)16/h3-6H,2,7-8H2,1H3,(H4,12,13,14);1-3,14H,4H2,(H,15,16). The third-order valence-electron chi connectivity index (χ3n) is 3.50. The second-order valence-corrected chi connectivity index (χ2v) is 7.66. The number of alkyl halides is 3. The second kappa shape index (κ2) is 14.3. The average Bonchev–Trinajstić information content (AvgIpc) is 2.72. The van der Waals surface area contributed by atoms with Gasteiger partial charge in [-0.15, -0.1) is 0 Å². The van der Waals surface area contributed by atoms with Crippen LogP contribution in [0.25, 0.3) is 0 Å². The zero-order valence-corrected chi connectivity index (χ0v) is 19.1. The number of carboxylic acid groups (broad SMARTS) is 1. The highest BCUT2D eigenvalue weighted by Gasteiger charge is 2.30. The van der Waals surface area contributed by atoms with E-state index in [-0.39, 0.29) is 17.5 Å². The van der Waals surface area contributed by atoms with Gasteiger partial charge in [-0.3, -0.25) is 4.79 Å². The normalized spacial score (nSPS) is 10.6. The average molecular weight is 509 g/mol. The number of aliphatic carboxylic acids is 1. The molecule has 0 aliphatic carbocycles. The fourth-order valence-corrected chi connectivity index (χ4v) is 2.94. The first-order valence-corrected chi connectivity index (χ1v) is 10.6. The summed E-state index contributed by atoms with van der Waals surface area (Å²) >= 11 is 6.51. The number of nitrogens with two attached hydrogens (primary N) is 2. The predicted octanol–water partition coefficient (Wildman–Crippen LogP) is 4.01. The van der Waals surface area contributed by atoms with Crippen LogP contribution in [0.15, 0.2) is 52.5 Å². The van der Waals surface area contributed by atoms with Gasteiger partial charge in [0, 0.05) is 11.3 Å². The Labute approximate surface area is 198 Å². The summed E-state index contributed by atoms with van der Waals surface area (Å²) < 4.78 is 44.8. The summed E-state index contributed by atoms with van der Waals surface area (Å²) in [5, 5.41) is 11.7. The number of halogens is 4. The van der Waals surface area contributed by atoms with Crippen LogP contribution in [-0.4, -0.2) is 36.8 Å². The lowest BCUT2D eigenvalue weighted by molar-refractivity contribution is -0.137. The van der Waals surface area contributed by atoms with Gasteiger partial charge in [0.1, 0.15) is 18.9 Å². The Bertz CT molecular complexity index is 911. The van der Waals surface area contributed by atoms with Crippen molar-refractivity contribution < 1.29 is 32.6 Å². The Hall–Kier alpha value is -2.83. The molecule has 13 heteroatoms. The van der Waals surface area contributed by atoms with Crippen molar-refractivity contribution in [3.63, 3.8) is 0 Å². The van der Waals surface area contributed by atoms with Gasteiger partial charge in [-0.2, -0.15) is 13.2 Å². The van der Waals surface area contributed by atoms with Crippen LogP contribution in [0.4, 0.5) is 13.2 Å². The molecule has 8 nitrogen and oxygen atoms in total. The SMILES string of the molecule is Cc1ccc(OCCCON=C(N)N)cc1.O=C(O)CNSc1ccc(C(F)(F)F)cc1Cl. The van der Waals surface area contributed by atoms with E-state index in [2.05, 4.69) is 9.88 Å². The third kappa shape index (κ3) is 12.7. The van der Waals surface area contributed by atoms with Gasteiger partial charge >= 0.3 is 12.1 Å². The molecule has 0 fully saturated rings. The minimum Gasteiger partial charge on any atom is -0.493 e. The molecular formula is C20H24ClF3N4O4S. The fraction of sp³-hybridized carbons (Fsp3) is 0.300. The molecule has 2 aromatic carbocycles. The number of guanidine groups is 1. The number of hydrogen-bond donors (Lipinski definition) is 4. The quantitative estimate of drug-likeness (QED) is 0.124. The smallest absolute Gasteiger partial charge is 0.416 e. The van der Waals surface area contributed by atoms with Crippen molar-refractivity contribution in [3.8, 4) is 5.75 Å². The minimum atomic E-state index is -4.44. The van der Waals surface area contributed by atoms with E-state index in [1.807, 2.05) is 31.2 Å². The molecule has 0 spiro atoms. The van der Waals surface area contributed by atoms with E-state index in [4.69, 9.17) is 37.7 Å². The Balaban J connectivity index is 0.000000331. The molecule has 0 saturated carbocycles. The Morgan fingerprint density at radius 2 is 1.85 bits per heavy atom. The van der Waals surface area contributed by atoms with Gasteiger partial charge in [-0.1, -0.05) is 29.3 Å². The van der Waals surface area contributed by atoms with Crippen molar-refractivity contribution >= 4 is 35.5 Å². The van der Waals surface area contributed by atoms with Crippen molar-refractivity contribution in [3.05, 3.63) is 58.6 Å². The maximum atomic E-state index is 12.3. The number of nitrogens with one attached hydrogen (secondary N) is 1. The van der Waals surface area contributed by atoms with Crippen LogP contribution in [0.2, 0.25) is 5.02 Å². The van der Waals surface area contributed by atoms with Crippen LogP contribution in [0.1, 0.15) is 17.5 Å². The summed E-state index contributed by atoms with van der Waals surface area (Å²) in [5.74, 6) is -0.285. The van der Waals surface area contributed by atoms with Gasteiger partial charge < -0.3 is 26.1 Å². The molecule has 182 valence electrons. The number of aryl methyl sites for hydroxylation is 1. The molecule has 6 N–H and O–H groups in total. The van der Waals surface area contributed by atoms with E-state index < -0.39 is 17.7 Å². The maximum absolute atomic E-state index is 12.3. The van der Waals surface area contributed by atoms with E-state index in [9.17, 15) is 18.0 Å². The Morgan fingerprint density at radius 3 is 2.39 bits per heavy atom. The lowest BCUT2D eigenvalue weighted by Crippen LogP contribution is -2.23. The molecule has 0 radical (unpaired) electrons. The van der Waals surface area contributed by atoms with Gasteiger partial charge in [-0.25, -0.2) is 4.72 Å². The van der Waals surface area contributed by atoms with Crippen LogP contribution in [0.3, 0.4) is 0 Å². The number of ether oxygens (including phenoxy) is 1. The molecule has 0 aromatic heterocycles. The Morgan fingerprint density at radius 1 is 1.18 bits per heavy atom. The minimum absolute atomic E-state index is 0.0700. The first-order valence-electron chi connectivity index (χ1n) is 9.37. The van der Waals surface area contributed by atoms with Crippen LogP contribution < -0.4 is 20.9 Å². The number of carboxylic acids is 1. The van der Waals surface area contributed by atoms with Crippen molar-refractivity contribution in [2.45, 2.75) is 24.4 Å². The molecule has 2 rings (SSSR count). The van der Waals surface area contributed by atoms with Crippen LogP contribution in [-0.2, 0) is 15.8 Å². The molecule has 0 aliphatic heterocycles. The maximum Gasteiger partial charge on any atom is 0.416 e. The van der Waals surface area contributed by atoms with E-state index in [0.717, 1.165) is 36.3 Å². The molecule has 33 heavy (non-hydrogen) atoms. The lowest BCUT2D eigenvalue weighted by Gasteiger charge is -2.09. The molecular weight excluding hydrogens is 485 g/mol. The monoisotopic (exact) mass is 508 g/mol. The fourth-order valence-electron chi connectivity index (χ4n) is 2.00. The van der Waals surface area contributed by atoms with Gasteiger partial charge in [0.25, 0.3) is 0 Å². The van der Waals surface area contributed by atoms with Crippen LogP contribution in [0.5, 0.6) is 5.75 Å². The number of oxime groups is 1. The zero-order valence-electron chi connectivity index (χ0n) is 17.6. The molecule has 0 aliphatic rings. The summed E-state index contributed by atoms with van der Waals surface area (Å²) in [4.78, 5) is 15.3.